The first-order valence-electron chi connectivity index (χ1n) is 6.87. The van der Waals surface area contributed by atoms with Gasteiger partial charge in [-0.3, -0.25) is 0 Å². The highest BCUT2D eigenvalue weighted by Gasteiger charge is 2.22. The SMILES string of the molecule is CCCNc1cc(S(=O)(=O)N(CC)CCCO)ccn1. The second kappa shape index (κ2) is 8.18. The van der Waals surface area contributed by atoms with Crippen LogP contribution in [0, 0.1) is 0 Å². The third-order valence-electron chi connectivity index (χ3n) is 2.84. The minimum Gasteiger partial charge on any atom is -0.396 e. The summed E-state index contributed by atoms with van der Waals surface area (Å²) in [6.45, 7) is 5.23. The summed E-state index contributed by atoms with van der Waals surface area (Å²) in [5.41, 5.74) is 0. The van der Waals surface area contributed by atoms with Gasteiger partial charge in [-0.1, -0.05) is 13.8 Å². The lowest BCUT2D eigenvalue weighted by Crippen LogP contribution is -2.32. The van der Waals surface area contributed by atoms with Crippen LogP contribution < -0.4 is 5.32 Å². The molecule has 0 unspecified atom stereocenters. The number of pyridine rings is 1. The first-order valence-corrected chi connectivity index (χ1v) is 8.31. The van der Waals surface area contributed by atoms with E-state index in [4.69, 9.17) is 5.11 Å². The Hall–Kier alpha value is -1.18. The van der Waals surface area contributed by atoms with E-state index in [1.807, 2.05) is 6.92 Å². The molecule has 0 amide bonds. The Balaban J connectivity index is 2.95. The van der Waals surface area contributed by atoms with Crippen molar-refractivity contribution < 1.29 is 13.5 Å². The quantitative estimate of drug-likeness (QED) is 0.718. The molecule has 1 aromatic heterocycles. The maximum absolute atomic E-state index is 12.5. The number of rotatable bonds is 9. The van der Waals surface area contributed by atoms with E-state index >= 15 is 0 Å². The average Bonchev–Trinajstić information content (AvgIpc) is 2.46. The number of hydrogen-bond acceptors (Lipinski definition) is 5. The molecule has 7 heteroatoms. The molecule has 114 valence electrons. The van der Waals surface area contributed by atoms with Gasteiger partial charge in [0.25, 0.3) is 0 Å². The Morgan fingerprint density at radius 3 is 2.75 bits per heavy atom. The standard InChI is InChI=1S/C13H23N3O3S/c1-3-7-14-13-11-12(6-8-15-13)20(18,19)16(4-2)9-5-10-17/h6,8,11,17H,3-5,7,9-10H2,1-2H3,(H,14,15). The van der Waals surface area contributed by atoms with Crippen molar-refractivity contribution >= 4 is 15.8 Å². The van der Waals surface area contributed by atoms with Crippen LogP contribution in [0.25, 0.3) is 0 Å². The Morgan fingerprint density at radius 2 is 2.15 bits per heavy atom. The van der Waals surface area contributed by atoms with E-state index in [-0.39, 0.29) is 11.5 Å². The summed E-state index contributed by atoms with van der Waals surface area (Å²) in [5.74, 6) is 0.561. The molecule has 0 aliphatic heterocycles. The van der Waals surface area contributed by atoms with Crippen LogP contribution >= 0.6 is 0 Å². The lowest BCUT2D eigenvalue weighted by atomic mass is 10.4. The van der Waals surface area contributed by atoms with Crippen LogP contribution in [-0.2, 0) is 10.0 Å². The van der Waals surface area contributed by atoms with Crippen LogP contribution in [0.2, 0.25) is 0 Å². The smallest absolute Gasteiger partial charge is 0.243 e. The highest BCUT2D eigenvalue weighted by Crippen LogP contribution is 2.18. The van der Waals surface area contributed by atoms with Gasteiger partial charge in [0.15, 0.2) is 0 Å². The van der Waals surface area contributed by atoms with E-state index in [0.717, 1.165) is 13.0 Å². The van der Waals surface area contributed by atoms with Crippen LogP contribution in [0.3, 0.4) is 0 Å². The van der Waals surface area contributed by atoms with Crippen molar-refractivity contribution in [1.29, 1.82) is 0 Å². The average molecular weight is 301 g/mol. The molecule has 0 saturated carbocycles. The molecule has 1 rings (SSSR count). The molecule has 1 aromatic rings. The number of nitrogens with zero attached hydrogens (tertiary/aromatic N) is 2. The van der Waals surface area contributed by atoms with Gasteiger partial charge in [-0.05, 0) is 18.9 Å². The van der Waals surface area contributed by atoms with E-state index in [0.29, 0.717) is 25.3 Å². The van der Waals surface area contributed by atoms with Gasteiger partial charge < -0.3 is 10.4 Å². The molecule has 6 nitrogen and oxygen atoms in total. The van der Waals surface area contributed by atoms with Crippen molar-refractivity contribution in [3.05, 3.63) is 18.3 Å². The van der Waals surface area contributed by atoms with E-state index in [1.165, 1.54) is 16.6 Å². The van der Waals surface area contributed by atoms with Crippen molar-refractivity contribution in [2.75, 3.05) is 31.6 Å². The lowest BCUT2D eigenvalue weighted by molar-refractivity contribution is 0.271. The number of anilines is 1. The van der Waals surface area contributed by atoms with Crippen LogP contribution in [0.5, 0.6) is 0 Å². The number of aliphatic hydroxyl groups excluding tert-OH is 1. The predicted molar refractivity (Wildman–Crippen MR) is 79.2 cm³/mol. The summed E-state index contributed by atoms with van der Waals surface area (Å²) in [4.78, 5) is 4.33. The lowest BCUT2D eigenvalue weighted by Gasteiger charge is -2.20. The highest BCUT2D eigenvalue weighted by molar-refractivity contribution is 7.89. The van der Waals surface area contributed by atoms with Crippen LogP contribution in [-0.4, -0.2) is 49.1 Å². The molecule has 0 saturated heterocycles. The zero-order chi connectivity index (χ0) is 15.0. The van der Waals surface area contributed by atoms with Crippen molar-refractivity contribution in [3.63, 3.8) is 0 Å². The molecule has 1 heterocycles. The number of sulfonamides is 1. The molecule has 0 aliphatic rings. The fourth-order valence-electron chi connectivity index (χ4n) is 1.77. The first kappa shape index (κ1) is 16.9. The summed E-state index contributed by atoms with van der Waals surface area (Å²) >= 11 is 0. The normalized spacial score (nSPS) is 11.8. The van der Waals surface area contributed by atoms with Gasteiger partial charge in [0.05, 0.1) is 4.90 Å². The minimum absolute atomic E-state index is 0.0222. The summed E-state index contributed by atoms with van der Waals surface area (Å²) in [5, 5.41) is 11.9. The minimum atomic E-state index is -3.53. The van der Waals surface area contributed by atoms with Crippen molar-refractivity contribution in [2.24, 2.45) is 0 Å². The molecule has 0 atom stereocenters. The summed E-state index contributed by atoms with van der Waals surface area (Å²) in [6, 6.07) is 3.04. The van der Waals surface area contributed by atoms with E-state index in [9.17, 15) is 8.42 Å². The van der Waals surface area contributed by atoms with E-state index in [2.05, 4.69) is 10.3 Å². The maximum atomic E-state index is 12.5. The molecule has 0 fully saturated rings. The maximum Gasteiger partial charge on any atom is 0.243 e. The number of hydrogen-bond donors (Lipinski definition) is 2. The zero-order valence-electron chi connectivity index (χ0n) is 12.0. The topological polar surface area (TPSA) is 82.5 Å². The predicted octanol–water partition coefficient (Wildman–Crippen LogP) is 1.30. The molecule has 0 aromatic carbocycles. The molecule has 20 heavy (non-hydrogen) atoms. The van der Waals surface area contributed by atoms with Gasteiger partial charge in [-0.2, -0.15) is 4.31 Å². The highest BCUT2D eigenvalue weighted by atomic mass is 32.2. The second-order valence-corrected chi connectivity index (χ2v) is 6.32. The Kier molecular flexibility index (Phi) is 6.90. The summed E-state index contributed by atoms with van der Waals surface area (Å²) in [6.07, 6.45) is 2.86. The summed E-state index contributed by atoms with van der Waals surface area (Å²) < 4.78 is 26.3. The molecule has 0 radical (unpaired) electrons. The second-order valence-electron chi connectivity index (χ2n) is 4.38. The molecular weight excluding hydrogens is 278 g/mol. The van der Waals surface area contributed by atoms with Crippen LogP contribution in [0.1, 0.15) is 26.7 Å². The van der Waals surface area contributed by atoms with Crippen molar-refractivity contribution in [3.8, 4) is 0 Å². The fourth-order valence-corrected chi connectivity index (χ4v) is 3.27. The first-order chi connectivity index (χ1) is 9.56. The van der Waals surface area contributed by atoms with Gasteiger partial charge in [0.1, 0.15) is 5.82 Å². The Labute approximate surface area is 120 Å². The van der Waals surface area contributed by atoms with Crippen LogP contribution in [0.4, 0.5) is 5.82 Å². The third kappa shape index (κ3) is 4.43. The van der Waals surface area contributed by atoms with E-state index < -0.39 is 10.0 Å². The molecule has 0 aliphatic carbocycles. The molecule has 0 spiro atoms. The van der Waals surface area contributed by atoms with Crippen molar-refractivity contribution in [2.45, 2.75) is 31.6 Å². The number of nitrogens with one attached hydrogen (secondary N) is 1. The fraction of sp³-hybridized carbons (Fsp3) is 0.615. The zero-order valence-corrected chi connectivity index (χ0v) is 12.9. The monoisotopic (exact) mass is 301 g/mol. The van der Waals surface area contributed by atoms with Crippen LogP contribution in [0.15, 0.2) is 23.2 Å². The third-order valence-corrected chi connectivity index (χ3v) is 4.81. The Morgan fingerprint density at radius 1 is 1.40 bits per heavy atom. The Bertz CT molecular complexity index is 505. The number of aromatic nitrogens is 1. The van der Waals surface area contributed by atoms with Gasteiger partial charge in [0.2, 0.25) is 10.0 Å². The van der Waals surface area contributed by atoms with Gasteiger partial charge >= 0.3 is 0 Å². The van der Waals surface area contributed by atoms with Gasteiger partial charge in [-0.15, -0.1) is 0 Å². The number of aliphatic hydroxyl groups is 1. The van der Waals surface area contributed by atoms with Gasteiger partial charge in [-0.25, -0.2) is 13.4 Å². The van der Waals surface area contributed by atoms with E-state index in [1.54, 1.807) is 13.0 Å². The molecular formula is C13H23N3O3S. The molecule has 2 N–H and O–H groups in total. The largest absolute Gasteiger partial charge is 0.396 e. The molecule has 0 bridgehead atoms. The van der Waals surface area contributed by atoms with Gasteiger partial charge in [0, 0.05) is 38.5 Å². The van der Waals surface area contributed by atoms with Crippen molar-refractivity contribution in [1.82, 2.24) is 9.29 Å². The summed E-state index contributed by atoms with van der Waals surface area (Å²) in [7, 11) is -3.53.